The first-order chi connectivity index (χ1) is 15.0. The largest absolute Gasteiger partial charge is 0.486 e. The summed E-state index contributed by atoms with van der Waals surface area (Å²) in [7, 11) is 0. The van der Waals surface area contributed by atoms with Crippen molar-refractivity contribution in [2.24, 2.45) is 0 Å². The Morgan fingerprint density at radius 1 is 1.13 bits per heavy atom. The third-order valence-corrected chi connectivity index (χ3v) is 5.24. The lowest BCUT2D eigenvalue weighted by atomic mass is 10.2. The molecule has 0 atom stereocenters. The van der Waals surface area contributed by atoms with Gasteiger partial charge >= 0.3 is 0 Å². The highest BCUT2D eigenvalue weighted by atomic mass is 35.5. The van der Waals surface area contributed by atoms with Crippen LogP contribution in [0.4, 0.5) is 5.95 Å². The summed E-state index contributed by atoms with van der Waals surface area (Å²) in [6.45, 7) is 2.52. The second kappa shape index (κ2) is 9.24. The number of nitrogens with zero attached hydrogens (tertiary/aromatic N) is 3. The fourth-order valence-electron chi connectivity index (χ4n) is 2.83. The van der Waals surface area contributed by atoms with Crippen LogP contribution in [0.3, 0.4) is 0 Å². The van der Waals surface area contributed by atoms with E-state index in [1.165, 1.54) is 6.33 Å². The minimum Gasteiger partial charge on any atom is -0.486 e. The van der Waals surface area contributed by atoms with E-state index in [0.717, 1.165) is 11.1 Å². The number of hydrogen-bond acceptors (Lipinski definition) is 5. The van der Waals surface area contributed by atoms with Crippen molar-refractivity contribution >= 4 is 35.1 Å². The summed E-state index contributed by atoms with van der Waals surface area (Å²) < 4.78 is 12.8. The maximum Gasteiger partial charge on any atom is 0.293 e. The topological polar surface area (TPSA) is 82.2 Å². The molecule has 2 heterocycles. The molecule has 4 aromatic rings. The van der Waals surface area contributed by atoms with Crippen LogP contribution in [0.2, 0.25) is 10.0 Å². The average molecular weight is 457 g/mol. The van der Waals surface area contributed by atoms with Gasteiger partial charge in [0, 0.05) is 10.0 Å². The van der Waals surface area contributed by atoms with Gasteiger partial charge in [-0.15, -0.1) is 5.10 Å². The molecule has 158 valence electrons. The van der Waals surface area contributed by atoms with E-state index in [4.69, 9.17) is 32.4 Å². The van der Waals surface area contributed by atoms with Gasteiger partial charge in [-0.05, 0) is 54.4 Å². The first-order valence-electron chi connectivity index (χ1n) is 9.40. The minimum absolute atomic E-state index is 0.133. The number of nitrogens with one attached hydrogen (secondary N) is 1. The Morgan fingerprint density at radius 2 is 1.97 bits per heavy atom. The SMILES string of the molecule is Cc1cc(OCc2ccc(C(=O)Nc3ncn(Cc4ccccc4Cl)n3)o2)ccc1Cl. The molecule has 0 bridgehead atoms. The van der Waals surface area contributed by atoms with Gasteiger partial charge in [0.15, 0.2) is 5.76 Å². The molecule has 0 aliphatic rings. The molecule has 1 N–H and O–H groups in total. The molecule has 0 radical (unpaired) electrons. The van der Waals surface area contributed by atoms with Gasteiger partial charge in [0.25, 0.3) is 5.91 Å². The van der Waals surface area contributed by atoms with E-state index in [1.54, 1.807) is 28.9 Å². The smallest absolute Gasteiger partial charge is 0.293 e. The van der Waals surface area contributed by atoms with E-state index in [9.17, 15) is 4.79 Å². The van der Waals surface area contributed by atoms with Gasteiger partial charge in [-0.25, -0.2) is 9.67 Å². The monoisotopic (exact) mass is 456 g/mol. The molecule has 7 nitrogen and oxygen atoms in total. The Hall–Kier alpha value is -3.29. The minimum atomic E-state index is -0.455. The molecule has 0 saturated heterocycles. The van der Waals surface area contributed by atoms with Crippen LogP contribution in [0.15, 0.2) is 65.3 Å². The summed E-state index contributed by atoms with van der Waals surface area (Å²) in [6.07, 6.45) is 1.52. The molecule has 0 fully saturated rings. The highest BCUT2D eigenvalue weighted by Crippen LogP contribution is 2.22. The number of carbonyl (C=O) groups is 1. The molecule has 0 saturated carbocycles. The zero-order valence-electron chi connectivity index (χ0n) is 16.5. The van der Waals surface area contributed by atoms with Gasteiger partial charge in [-0.3, -0.25) is 10.1 Å². The molecule has 0 aliphatic carbocycles. The maximum atomic E-state index is 12.4. The number of aromatic nitrogens is 3. The van der Waals surface area contributed by atoms with Crippen LogP contribution < -0.4 is 10.1 Å². The predicted octanol–water partition coefficient (Wildman–Crippen LogP) is 5.37. The van der Waals surface area contributed by atoms with Gasteiger partial charge in [-0.2, -0.15) is 0 Å². The Kier molecular flexibility index (Phi) is 6.25. The lowest BCUT2D eigenvalue weighted by molar-refractivity contribution is 0.0991. The Morgan fingerprint density at radius 3 is 2.77 bits per heavy atom. The number of furan rings is 1. The summed E-state index contributed by atoms with van der Waals surface area (Å²) in [5, 5.41) is 8.18. The molecule has 2 aromatic heterocycles. The third-order valence-electron chi connectivity index (χ3n) is 4.45. The van der Waals surface area contributed by atoms with Gasteiger partial charge in [0.05, 0.1) is 6.54 Å². The van der Waals surface area contributed by atoms with Crippen molar-refractivity contribution in [1.82, 2.24) is 14.8 Å². The van der Waals surface area contributed by atoms with Crippen molar-refractivity contribution in [3.63, 3.8) is 0 Å². The number of ether oxygens (including phenoxy) is 1. The van der Waals surface area contributed by atoms with Gasteiger partial charge in [-0.1, -0.05) is 41.4 Å². The van der Waals surface area contributed by atoms with E-state index in [2.05, 4.69) is 15.4 Å². The number of amides is 1. The number of anilines is 1. The lowest BCUT2D eigenvalue weighted by Crippen LogP contribution is -2.12. The number of hydrogen-bond donors (Lipinski definition) is 1. The van der Waals surface area contributed by atoms with Gasteiger partial charge in [0.1, 0.15) is 24.4 Å². The molecule has 4 rings (SSSR count). The molecular formula is C22H18Cl2N4O3. The summed E-state index contributed by atoms with van der Waals surface area (Å²) in [5.41, 5.74) is 1.82. The Balaban J connectivity index is 1.34. The van der Waals surface area contributed by atoms with Crippen molar-refractivity contribution in [3.8, 4) is 5.75 Å². The molecule has 31 heavy (non-hydrogen) atoms. The quantitative estimate of drug-likeness (QED) is 0.404. The molecule has 0 spiro atoms. The van der Waals surface area contributed by atoms with Crippen LogP contribution in [-0.4, -0.2) is 20.7 Å². The van der Waals surface area contributed by atoms with E-state index >= 15 is 0 Å². The van der Waals surface area contributed by atoms with Gasteiger partial charge < -0.3 is 9.15 Å². The summed E-state index contributed by atoms with van der Waals surface area (Å²) in [5.74, 6) is 1.02. The van der Waals surface area contributed by atoms with E-state index in [0.29, 0.717) is 28.1 Å². The lowest BCUT2D eigenvalue weighted by Gasteiger charge is -2.06. The molecule has 0 unspecified atom stereocenters. The zero-order chi connectivity index (χ0) is 21.8. The highest BCUT2D eigenvalue weighted by Gasteiger charge is 2.14. The molecule has 2 aromatic carbocycles. The van der Waals surface area contributed by atoms with Crippen LogP contribution in [-0.2, 0) is 13.2 Å². The Bertz CT molecular complexity index is 1220. The van der Waals surface area contributed by atoms with Crippen molar-refractivity contribution in [1.29, 1.82) is 0 Å². The number of halogens is 2. The number of carbonyl (C=O) groups excluding carboxylic acids is 1. The number of rotatable bonds is 7. The van der Waals surface area contributed by atoms with Crippen LogP contribution >= 0.6 is 23.2 Å². The maximum absolute atomic E-state index is 12.4. The zero-order valence-corrected chi connectivity index (χ0v) is 18.0. The second-order valence-electron chi connectivity index (χ2n) is 6.78. The van der Waals surface area contributed by atoms with Crippen LogP contribution in [0.5, 0.6) is 5.75 Å². The summed E-state index contributed by atoms with van der Waals surface area (Å²) >= 11 is 12.2. The molecule has 9 heteroatoms. The summed E-state index contributed by atoms with van der Waals surface area (Å²) in [6, 6.07) is 16.1. The van der Waals surface area contributed by atoms with E-state index < -0.39 is 5.91 Å². The molecule has 0 aliphatic heterocycles. The Labute approximate surface area is 188 Å². The van der Waals surface area contributed by atoms with E-state index in [-0.39, 0.29) is 18.3 Å². The normalized spacial score (nSPS) is 10.8. The van der Waals surface area contributed by atoms with Crippen molar-refractivity contribution in [3.05, 3.63) is 93.6 Å². The van der Waals surface area contributed by atoms with E-state index in [1.807, 2.05) is 37.3 Å². The van der Waals surface area contributed by atoms with Crippen LogP contribution in [0, 0.1) is 6.92 Å². The molecular weight excluding hydrogens is 439 g/mol. The van der Waals surface area contributed by atoms with Crippen LogP contribution in [0.25, 0.3) is 0 Å². The van der Waals surface area contributed by atoms with Crippen molar-refractivity contribution in [2.45, 2.75) is 20.1 Å². The average Bonchev–Trinajstić information content (AvgIpc) is 3.40. The van der Waals surface area contributed by atoms with Crippen LogP contribution in [0.1, 0.15) is 27.4 Å². The fraction of sp³-hybridized carbons (Fsp3) is 0.136. The molecule has 1 amide bonds. The second-order valence-corrected chi connectivity index (χ2v) is 7.59. The number of benzene rings is 2. The first kappa shape index (κ1) is 21.0. The van der Waals surface area contributed by atoms with Crippen molar-refractivity contribution in [2.75, 3.05) is 5.32 Å². The van der Waals surface area contributed by atoms with Gasteiger partial charge in [0.2, 0.25) is 5.95 Å². The number of aryl methyl sites for hydroxylation is 1. The first-order valence-corrected chi connectivity index (χ1v) is 10.2. The fourth-order valence-corrected chi connectivity index (χ4v) is 3.14. The van der Waals surface area contributed by atoms with Crippen molar-refractivity contribution < 1.29 is 13.9 Å². The predicted molar refractivity (Wildman–Crippen MR) is 118 cm³/mol. The third kappa shape index (κ3) is 5.25. The standard InChI is InChI=1S/C22H18Cl2N4O3/c1-14-10-16(6-8-18(14)23)30-12-17-7-9-20(31-17)21(29)26-22-25-13-28(27-22)11-15-4-2-3-5-19(15)24/h2-10,13H,11-12H2,1H3,(H,26,27,29). The summed E-state index contributed by atoms with van der Waals surface area (Å²) in [4.78, 5) is 16.5. The highest BCUT2D eigenvalue weighted by molar-refractivity contribution is 6.31.